The molecule has 0 atom stereocenters. The van der Waals surface area contributed by atoms with Crippen LogP contribution in [0.3, 0.4) is 0 Å². The van der Waals surface area contributed by atoms with Crippen molar-refractivity contribution in [3.8, 4) is 6.07 Å². The van der Waals surface area contributed by atoms with E-state index in [1.54, 1.807) is 30.3 Å². The topological polar surface area (TPSA) is 79.1 Å². The Morgan fingerprint density at radius 2 is 1.95 bits per heavy atom. The summed E-state index contributed by atoms with van der Waals surface area (Å²) < 4.78 is 5.69. The molecule has 0 aliphatic heterocycles. The number of rotatable bonds is 2. The third-order valence-electron chi connectivity index (χ3n) is 3.07. The molecule has 5 nitrogen and oxygen atoms in total. The van der Waals surface area contributed by atoms with Gasteiger partial charge in [-0.05, 0) is 42.5 Å². The van der Waals surface area contributed by atoms with Gasteiger partial charge in [-0.15, -0.1) is 0 Å². The average molecular weight is 264 g/mol. The number of nitrogens with two attached hydrogens (primary N) is 1. The van der Waals surface area contributed by atoms with Crippen molar-refractivity contribution in [2.45, 2.75) is 0 Å². The first-order valence-corrected chi connectivity index (χ1v) is 6.07. The number of benzene rings is 2. The Morgan fingerprint density at radius 3 is 2.65 bits per heavy atom. The Labute approximate surface area is 115 Å². The molecule has 0 fully saturated rings. The summed E-state index contributed by atoms with van der Waals surface area (Å²) in [4.78, 5) is 6.22. The molecule has 0 saturated heterocycles. The van der Waals surface area contributed by atoms with Gasteiger partial charge in [-0.2, -0.15) is 10.2 Å². The van der Waals surface area contributed by atoms with Crippen molar-refractivity contribution in [2.75, 3.05) is 17.7 Å². The molecular formula is C15H12N4O. The zero-order valence-electron chi connectivity index (χ0n) is 10.9. The Balaban J connectivity index is 1.98. The molecule has 3 aromatic rings. The van der Waals surface area contributed by atoms with Crippen LogP contribution in [0.15, 0.2) is 46.9 Å². The van der Waals surface area contributed by atoms with Crippen molar-refractivity contribution in [1.29, 1.82) is 5.26 Å². The number of nitrogens with zero attached hydrogens (tertiary/aromatic N) is 3. The van der Waals surface area contributed by atoms with Crippen LogP contribution in [0, 0.1) is 11.3 Å². The van der Waals surface area contributed by atoms with Crippen LogP contribution in [0.5, 0.6) is 0 Å². The molecule has 20 heavy (non-hydrogen) atoms. The fraction of sp³-hybridized carbons (Fsp3) is 0.0667. The van der Waals surface area contributed by atoms with E-state index in [4.69, 9.17) is 15.4 Å². The van der Waals surface area contributed by atoms with Gasteiger partial charge in [0, 0.05) is 18.4 Å². The molecule has 0 spiro atoms. The molecule has 0 unspecified atom stereocenters. The third kappa shape index (κ3) is 2.04. The number of hydrogen-bond acceptors (Lipinski definition) is 5. The van der Waals surface area contributed by atoms with E-state index >= 15 is 0 Å². The lowest BCUT2D eigenvalue weighted by atomic mass is 10.2. The minimum absolute atomic E-state index is 0.482. The molecule has 0 bridgehead atoms. The van der Waals surface area contributed by atoms with Gasteiger partial charge < -0.3 is 10.2 Å². The standard InChI is InChI=1S/C15H12N4O/c1-19(12-5-2-10(9-16)3-6-12)15-18-13-8-11(17)4-7-14(13)20-15/h2-8H,17H2,1H3. The smallest absolute Gasteiger partial charge is 0.302 e. The molecule has 0 aliphatic rings. The van der Waals surface area contributed by atoms with Crippen molar-refractivity contribution >= 4 is 28.5 Å². The maximum atomic E-state index is 8.80. The van der Waals surface area contributed by atoms with Crippen LogP contribution in [0.4, 0.5) is 17.4 Å². The van der Waals surface area contributed by atoms with Crippen LogP contribution in [0.2, 0.25) is 0 Å². The van der Waals surface area contributed by atoms with Gasteiger partial charge in [0.25, 0.3) is 0 Å². The summed E-state index contributed by atoms with van der Waals surface area (Å²) in [5.41, 5.74) is 9.30. The van der Waals surface area contributed by atoms with E-state index in [1.807, 2.05) is 24.1 Å². The number of nitrogen functional groups attached to an aromatic ring is 1. The van der Waals surface area contributed by atoms with Crippen LogP contribution in [0.1, 0.15) is 5.56 Å². The summed E-state index contributed by atoms with van der Waals surface area (Å²) in [6, 6.07) is 15.1. The molecular weight excluding hydrogens is 252 g/mol. The van der Waals surface area contributed by atoms with Crippen molar-refractivity contribution in [2.24, 2.45) is 0 Å². The molecule has 0 aliphatic carbocycles. The van der Waals surface area contributed by atoms with Crippen molar-refractivity contribution in [3.05, 3.63) is 48.0 Å². The summed E-state index contributed by atoms with van der Waals surface area (Å²) in [6.45, 7) is 0. The van der Waals surface area contributed by atoms with Gasteiger partial charge in [-0.25, -0.2) is 0 Å². The number of nitriles is 1. The van der Waals surface area contributed by atoms with Crippen molar-refractivity contribution in [3.63, 3.8) is 0 Å². The highest BCUT2D eigenvalue weighted by molar-refractivity contribution is 5.79. The normalized spacial score (nSPS) is 10.4. The maximum absolute atomic E-state index is 8.80. The quantitative estimate of drug-likeness (QED) is 0.719. The number of hydrogen-bond donors (Lipinski definition) is 1. The van der Waals surface area contributed by atoms with Gasteiger partial charge in [0.2, 0.25) is 0 Å². The third-order valence-corrected chi connectivity index (χ3v) is 3.07. The van der Waals surface area contributed by atoms with Gasteiger partial charge in [-0.1, -0.05) is 0 Å². The summed E-state index contributed by atoms with van der Waals surface area (Å²) in [5, 5.41) is 8.80. The lowest BCUT2D eigenvalue weighted by molar-refractivity contribution is 0.603. The molecule has 2 aromatic carbocycles. The predicted octanol–water partition coefficient (Wildman–Crippen LogP) is 3.05. The lowest BCUT2D eigenvalue weighted by Crippen LogP contribution is -2.09. The molecule has 3 rings (SSSR count). The zero-order valence-corrected chi connectivity index (χ0v) is 10.9. The summed E-state index contributed by atoms with van der Waals surface area (Å²) in [5.74, 6) is 0. The first kappa shape index (κ1) is 12.1. The van der Waals surface area contributed by atoms with Gasteiger partial charge in [-0.3, -0.25) is 4.90 Å². The SMILES string of the molecule is CN(c1ccc(C#N)cc1)c1nc2cc(N)ccc2o1. The van der Waals surface area contributed by atoms with Crippen LogP contribution >= 0.6 is 0 Å². The average Bonchev–Trinajstić information content (AvgIpc) is 2.89. The van der Waals surface area contributed by atoms with Gasteiger partial charge >= 0.3 is 6.01 Å². The number of fused-ring (bicyclic) bond motifs is 1. The summed E-state index contributed by atoms with van der Waals surface area (Å²) >= 11 is 0. The maximum Gasteiger partial charge on any atom is 0.302 e. The molecule has 1 aromatic heterocycles. The molecule has 1 heterocycles. The molecule has 5 heteroatoms. The molecule has 0 amide bonds. The zero-order chi connectivity index (χ0) is 14.1. The van der Waals surface area contributed by atoms with Gasteiger partial charge in [0.05, 0.1) is 11.6 Å². The minimum Gasteiger partial charge on any atom is -0.423 e. The molecule has 2 N–H and O–H groups in total. The van der Waals surface area contributed by atoms with Crippen LogP contribution < -0.4 is 10.6 Å². The summed E-state index contributed by atoms with van der Waals surface area (Å²) in [6.07, 6.45) is 0. The van der Waals surface area contributed by atoms with Gasteiger partial charge in [0.15, 0.2) is 5.58 Å². The van der Waals surface area contributed by atoms with Crippen LogP contribution in [-0.4, -0.2) is 12.0 Å². The minimum atomic E-state index is 0.482. The van der Waals surface area contributed by atoms with E-state index in [9.17, 15) is 0 Å². The van der Waals surface area contributed by atoms with E-state index < -0.39 is 0 Å². The largest absolute Gasteiger partial charge is 0.423 e. The first-order chi connectivity index (χ1) is 9.67. The first-order valence-electron chi connectivity index (χ1n) is 6.07. The number of anilines is 3. The van der Waals surface area contributed by atoms with Crippen molar-refractivity contribution < 1.29 is 4.42 Å². The number of aromatic nitrogens is 1. The van der Waals surface area contributed by atoms with E-state index in [2.05, 4.69) is 11.1 Å². The fourth-order valence-corrected chi connectivity index (χ4v) is 1.95. The van der Waals surface area contributed by atoms with Gasteiger partial charge in [0.1, 0.15) is 5.52 Å². The Hall–Kier alpha value is -3.00. The second-order valence-corrected chi connectivity index (χ2v) is 4.44. The summed E-state index contributed by atoms with van der Waals surface area (Å²) in [7, 11) is 1.86. The molecule has 98 valence electrons. The lowest BCUT2D eigenvalue weighted by Gasteiger charge is -2.14. The van der Waals surface area contributed by atoms with Crippen LogP contribution in [0.25, 0.3) is 11.1 Å². The van der Waals surface area contributed by atoms with E-state index in [0.29, 0.717) is 22.8 Å². The molecule has 0 radical (unpaired) electrons. The highest BCUT2D eigenvalue weighted by atomic mass is 16.4. The second kappa shape index (κ2) is 4.59. The fourth-order valence-electron chi connectivity index (χ4n) is 1.95. The second-order valence-electron chi connectivity index (χ2n) is 4.44. The highest BCUT2D eigenvalue weighted by Gasteiger charge is 2.12. The molecule has 0 saturated carbocycles. The Morgan fingerprint density at radius 1 is 1.20 bits per heavy atom. The van der Waals surface area contributed by atoms with Crippen LogP contribution in [-0.2, 0) is 0 Å². The highest BCUT2D eigenvalue weighted by Crippen LogP contribution is 2.27. The number of oxazole rings is 1. The Bertz CT molecular complexity index is 799. The van der Waals surface area contributed by atoms with E-state index in [1.165, 1.54) is 0 Å². The van der Waals surface area contributed by atoms with E-state index in [0.717, 1.165) is 11.2 Å². The van der Waals surface area contributed by atoms with Crippen molar-refractivity contribution in [1.82, 2.24) is 4.98 Å². The Kier molecular flexibility index (Phi) is 2.77. The predicted molar refractivity (Wildman–Crippen MR) is 77.6 cm³/mol. The van der Waals surface area contributed by atoms with E-state index in [-0.39, 0.29) is 0 Å². The monoisotopic (exact) mass is 264 g/mol.